The van der Waals surface area contributed by atoms with Crippen molar-refractivity contribution in [2.75, 3.05) is 0 Å². The minimum Gasteiger partial charge on any atom is -0.478 e. The summed E-state index contributed by atoms with van der Waals surface area (Å²) in [6.07, 6.45) is 4.33. The van der Waals surface area contributed by atoms with Gasteiger partial charge in [-0.1, -0.05) is 17.3 Å². The SMILES string of the molecule is O=C(O)c1cc(F)c2nc([C@@]3(O)[C@@H]4CC[C@H]3C[C@@H](OCc3c(-c5ccccc5OC(F)F)noc3C3CC3)C4)sc2c1. The number of aromatic nitrogens is 2. The molecule has 4 atom stereocenters. The van der Waals surface area contributed by atoms with E-state index in [0.717, 1.165) is 43.1 Å². The molecule has 0 aliphatic heterocycles. The minimum atomic E-state index is -2.98. The van der Waals surface area contributed by atoms with Crippen LogP contribution in [0, 0.1) is 17.7 Å². The van der Waals surface area contributed by atoms with Crippen LogP contribution in [0.4, 0.5) is 13.2 Å². The molecule has 7 rings (SSSR count). The van der Waals surface area contributed by atoms with Crippen molar-refractivity contribution in [3.8, 4) is 17.0 Å². The number of hydrogen-bond acceptors (Lipinski definition) is 8. The molecule has 2 aromatic carbocycles. The first-order chi connectivity index (χ1) is 20.2. The molecule has 0 radical (unpaired) electrons. The highest BCUT2D eigenvalue weighted by molar-refractivity contribution is 7.18. The van der Waals surface area contributed by atoms with Crippen molar-refractivity contribution in [2.24, 2.45) is 11.8 Å². The number of benzene rings is 2. The first-order valence-corrected chi connectivity index (χ1v) is 14.7. The number of aromatic carboxylic acids is 1. The maximum Gasteiger partial charge on any atom is 0.387 e. The molecule has 3 fully saturated rings. The second kappa shape index (κ2) is 10.4. The van der Waals surface area contributed by atoms with E-state index < -0.39 is 24.0 Å². The zero-order valence-corrected chi connectivity index (χ0v) is 23.1. The van der Waals surface area contributed by atoms with Gasteiger partial charge in [0, 0.05) is 17.0 Å². The van der Waals surface area contributed by atoms with E-state index in [9.17, 15) is 28.2 Å². The quantitative estimate of drug-likeness (QED) is 0.214. The van der Waals surface area contributed by atoms with Crippen LogP contribution < -0.4 is 4.74 Å². The topological polar surface area (TPSA) is 115 Å². The van der Waals surface area contributed by atoms with Gasteiger partial charge in [-0.3, -0.25) is 0 Å². The number of rotatable bonds is 9. The number of carbonyl (C=O) groups is 1. The van der Waals surface area contributed by atoms with E-state index >= 15 is 0 Å². The molecule has 42 heavy (non-hydrogen) atoms. The van der Waals surface area contributed by atoms with Crippen LogP contribution in [-0.2, 0) is 16.9 Å². The molecular formula is C30H27F3N2O6S. The van der Waals surface area contributed by atoms with Crippen molar-refractivity contribution in [3.63, 3.8) is 0 Å². The molecule has 12 heteroatoms. The average molecular weight is 601 g/mol. The van der Waals surface area contributed by atoms with Gasteiger partial charge in [-0.05, 0) is 74.6 Å². The zero-order valence-electron chi connectivity index (χ0n) is 22.3. The van der Waals surface area contributed by atoms with Crippen LogP contribution >= 0.6 is 11.3 Å². The summed E-state index contributed by atoms with van der Waals surface area (Å²) in [6, 6.07) is 8.80. The Morgan fingerprint density at radius 1 is 1.14 bits per heavy atom. The molecular weight excluding hydrogens is 573 g/mol. The van der Waals surface area contributed by atoms with Gasteiger partial charge in [0.2, 0.25) is 0 Å². The van der Waals surface area contributed by atoms with Gasteiger partial charge in [0.05, 0.1) is 23.0 Å². The van der Waals surface area contributed by atoms with Crippen molar-refractivity contribution in [1.29, 1.82) is 0 Å². The Morgan fingerprint density at radius 3 is 2.57 bits per heavy atom. The number of fused-ring (bicyclic) bond motifs is 3. The fraction of sp³-hybridized carbons (Fsp3) is 0.433. The van der Waals surface area contributed by atoms with Gasteiger partial charge in [-0.2, -0.15) is 8.78 Å². The first-order valence-electron chi connectivity index (χ1n) is 13.9. The summed E-state index contributed by atoms with van der Waals surface area (Å²) in [5.74, 6) is -1.38. The summed E-state index contributed by atoms with van der Waals surface area (Å²) >= 11 is 1.13. The van der Waals surface area contributed by atoms with Crippen molar-refractivity contribution in [1.82, 2.24) is 10.1 Å². The van der Waals surface area contributed by atoms with Gasteiger partial charge < -0.3 is 24.2 Å². The summed E-state index contributed by atoms with van der Waals surface area (Å²) in [5.41, 5.74) is 0.179. The Kier molecular flexibility index (Phi) is 6.74. The lowest BCUT2D eigenvalue weighted by molar-refractivity contribution is -0.116. The van der Waals surface area contributed by atoms with Crippen molar-refractivity contribution >= 4 is 27.5 Å². The highest BCUT2D eigenvalue weighted by Gasteiger charge is 2.56. The Balaban J connectivity index is 1.12. The van der Waals surface area contributed by atoms with Gasteiger partial charge in [-0.25, -0.2) is 14.2 Å². The molecule has 0 amide bonds. The van der Waals surface area contributed by atoms with E-state index in [4.69, 9.17) is 14.0 Å². The molecule has 0 unspecified atom stereocenters. The van der Waals surface area contributed by atoms with Crippen molar-refractivity contribution in [3.05, 3.63) is 64.1 Å². The van der Waals surface area contributed by atoms with E-state index in [1.165, 1.54) is 12.1 Å². The van der Waals surface area contributed by atoms with E-state index in [1.807, 2.05) is 0 Å². The smallest absolute Gasteiger partial charge is 0.387 e. The van der Waals surface area contributed by atoms with Crippen LogP contribution in [0.15, 0.2) is 40.9 Å². The van der Waals surface area contributed by atoms with E-state index in [0.29, 0.717) is 45.1 Å². The van der Waals surface area contributed by atoms with Crippen LogP contribution in [-0.4, -0.2) is 39.0 Å². The highest BCUT2D eigenvalue weighted by atomic mass is 32.1. The lowest BCUT2D eigenvalue weighted by Gasteiger charge is -2.41. The molecule has 8 nitrogen and oxygen atoms in total. The summed E-state index contributed by atoms with van der Waals surface area (Å²) < 4.78 is 58.1. The fourth-order valence-electron chi connectivity index (χ4n) is 6.67. The molecule has 3 saturated carbocycles. The van der Waals surface area contributed by atoms with Crippen LogP contribution in [0.1, 0.15) is 71.1 Å². The number of ether oxygens (including phenoxy) is 2. The van der Waals surface area contributed by atoms with Gasteiger partial charge in [0.15, 0.2) is 5.82 Å². The lowest BCUT2D eigenvalue weighted by Crippen LogP contribution is -2.44. The number of para-hydroxylation sites is 1. The van der Waals surface area contributed by atoms with Crippen molar-refractivity contribution < 1.29 is 42.2 Å². The third kappa shape index (κ3) is 4.65. The monoisotopic (exact) mass is 600 g/mol. The number of carboxylic acids is 1. The van der Waals surface area contributed by atoms with Gasteiger partial charge in [-0.15, -0.1) is 11.3 Å². The van der Waals surface area contributed by atoms with Gasteiger partial charge >= 0.3 is 12.6 Å². The number of aliphatic hydroxyl groups is 1. The van der Waals surface area contributed by atoms with E-state index in [-0.39, 0.29) is 47.3 Å². The summed E-state index contributed by atoms with van der Waals surface area (Å²) in [6.45, 7) is -2.82. The maximum atomic E-state index is 14.7. The number of carboxylic acid groups (broad SMARTS) is 1. The molecule has 0 spiro atoms. The minimum absolute atomic E-state index is 0.00733. The standard InChI is InChI=1S/C30H27F3N2O6S/c31-21-9-15(27(36)37)10-23-25(21)34-28(42-23)30(38)16-7-8-17(30)12-18(11-16)39-13-20-24(35-41-26(20)14-5-6-14)19-3-1-2-4-22(19)40-29(32)33/h1-4,9-10,14,16-18,29,38H,5-8,11-13H2,(H,36,37)/t16-,17+,18+,30-. The van der Waals surface area contributed by atoms with Crippen LogP contribution in [0.2, 0.25) is 0 Å². The zero-order chi connectivity index (χ0) is 29.2. The first kappa shape index (κ1) is 27.4. The Hall–Kier alpha value is -3.48. The summed E-state index contributed by atoms with van der Waals surface area (Å²) in [5, 5.41) is 25.9. The van der Waals surface area contributed by atoms with Crippen LogP contribution in [0.25, 0.3) is 21.5 Å². The molecule has 220 valence electrons. The molecule has 3 aliphatic carbocycles. The number of thiazole rings is 1. The second-order valence-electron chi connectivity index (χ2n) is 11.4. The Bertz CT molecular complexity index is 1650. The third-order valence-corrected chi connectivity index (χ3v) is 9.97. The molecule has 0 saturated heterocycles. The summed E-state index contributed by atoms with van der Waals surface area (Å²) in [7, 11) is 0. The molecule has 3 aliphatic rings. The summed E-state index contributed by atoms with van der Waals surface area (Å²) in [4.78, 5) is 15.8. The van der Waals surface area contributed by atoms with E-state index in [2.05, 4.69) is 10.1 Å². The fourth-order valence-corrected chi connectivity index (χ4v) is 7.94. The number of hydrogen-bond donors (Lipinski definition) is 2. The highest BCUT2D eigenvalue weighted by Crippen LogP contribution is 2.57. The predicted octanol–water partition coefficient (Wildman–Crippen LogP) is 6.86. The maximum absolute atomic E-state index is 14.7. The third-order valence-electron chi connectivity index (χ3n) is 8.83. The molecule has 2 aromatic heterocycles. The average Bonchev–Trinajstić information content (AvgIpc) is 3.52. The van der Waals surface area contributed by atoms with E-state index in [1.54, 1.807) is 18.2 Å². The molecule has 4 aromatic rings. The molecule has 2 heterocycles. The molecule has 2 N–H and O–H groups in total. The van der Waals surface area contributed by atoms with Crippen LogP contribution in [0.3, 0.4) is 0 Å². The Morgan fingerprint density at radius 2 is 1.88 bits per heavy atom. The number of alkyl halides is 2. The van der Waals surface area contributed by atoms with Crippen molar-refractivity contribution in [2.45, 2.75) is 69.4 Å². The molecule has 2 bridgehead atoms. The normalized spacial score (nSPS) is 25.4. The Labute approximate surface area is 242 Å². The van der Waals surface area contributed by atoms with Crippen LogP contribution in [0.5, 0.6) is 5.75 Å². The lowest BCUT2D eigenvalue weighted by atomic mass is 9.73. The van der Waals surface area contributed by atoms with Gasteiger partial charge in [0.1, 0.15) is 33.3 Å². The van der Waals surface area contributed by atoms with Gasteiger partial charge in [0.25, 0.3) is 0 Å². The number of nitrogens with zero attached hydrogens (tertiary/aromatic N) is 2. The predicted molar refractivity (Wildman–Crippen MR) is 145 cm³/mol. The number of halogens is 3. The second-order valence-corrected chi connectivity index (χ2v) is 12.4. The largest absolute Gasteiger partial charge is 0.478 e.